The third kappa shape index (κ3) is 2.92. The molecule has 3 N–H and O–H groups in total. The van der Waals surface area contributed by atoms with Crippen LogP contribution in [-0.4, -0.2) is 42.2 Å². The van der Waals surface area contributed by atoms with Crippen LogP contribution in [0, 0.1) is 0 Å². The summed E-state index contributed by atoms with van der Waals surface area (Å²) in [4.78, 5) is 0. The summed E-state index contributed by atoms with van der Waals surface area (Å²) in [7, 11) is 0. The molecule has 1 heterocycles. The number of hydrogen-bond donors (Lipinski definition) is 2. The summed E-state index contributed by atoms with van der Waals surface area (Å²) in [6.07, 6.45) is 0.572. The maximum atomic E-state index is 9.01. The van der Waals surface area contributed by atoms with Crippen LogP contribution in [0.3, 0.4) is 0 Å². The van der Waals surface area contributed by atoms with Crippen LogP contribution < -0.4 is 5.73 Å². The predicted octanol–water partition coefficient (Wildman–Crippen LogP) is 0.279. The van der Waals surface area contributed by atoms with Crippen molar-refractivity contribution in [1.82, 2.24) is 0 Å². The van der Waals surface area contributed by atoms with Crippen molar-refractivity contribution in [3.63, 3.8) is 0 Å². The molecule has 0 bridgehead atoms. The maximum absolute atomic E-state index is 9.01. The number of hydrogen-bond acceptors (Lipinski definition) is 4. The number of aliphatic hydroxyl groups is 1. The van der Waals surface area contributed by atoms with Gasteiger partial charge in [-0.25, -0.2) is 0 Å². The Bertz CT molecular complexity index is 184. The zero-order valence-electron chi connectivity index (χ0n) is 9.19. The second kappa shape index (κ2) is 4.57. The van der Waals surface area contributed by atoms with E-state index in [9.17, 15) is 0 Å². The maximum Gasteiger partial charge on any atom is 0.101 e. The highest BCUT2D eigenvalue weighted by Crippen LogP contribution is 2.24. The van der Waals surface area contributed by atoms with Gasteiger partial charge in [0.05, 0.1) is 24.4 Å². The lowest BCUT2D eigenvalue weighted by molar-refractivity contribution is -0.107. The van der Waals surface area contributed by atoms with E-state index in [0.717, 1.165) is 6.42 Å². The van der Waals surface area contributed by atoms with E-state index in [0.29, 0.717) is 6.61 Å². The smallest absolute Gasteiger partial charge is 0.101 e. The van der Waals surface area contributed by atoms with Gasteiger partial charge in [-0.15, -0.1) is 0 Å². The van der Waals surface area contributed by atoms with Gasteiger partial charge in [0.1, 0.15) is 6.10 Å². The summed E-state index contributed by atoms with van der Waals surface area (Å²) in [6, 6.07) is -0.373. The molecule has 14 heavy (non-hydrogen) atoms. The number of rotatable bonds is 2. The number of nitrogens with two attached hydrogens (primary N) is 1. The quantitative estimate of drug-likeness (QED) is 0.676. The first-order chi connectivity index (χ1) is 6.46. The Kier molecular flexibility index (Phi) is 3.89. The average Bonchev–Trinajstić information content (AvgIpc) is 2.24. The van der Waals surface area contributed by atoms with Crippen LogP contribution >= 0.6 is 0 Å². The van der Waals surface area contributed by atoms with Gasteiger partial charge >= 0.3 is 0 Å². The summed E-state index contributed by atoms with van der Waals surface area (Å²) in [6.45, 7) is 6.58. The monoisotopic (exact) mass is 203 g/mol. The highest BCUT2D eigenvalue weighted by atomic mass is 16.6. The molecule has 0 unspecified atom stereocenters. The third-order valence-electron chi connectivity index (χ3n) is 2.64. The largest absolute Gasteiger partial charge is 0.395 e. The average molecular weight is 203 g/mol. The first kappa shape index (κ1) is 11.9. The first-order valence-corrected chi connectivity index (χ1v) is 5.12. The molecule has 0 radical (unpaired) electrons. The van der Waals surface area contributed by atoms with E-state index in [4.69, 9.17) is 20.3 Å². The molecule has 1 saturated heterocycles. The van der Waals surface area contributed by atoms with Gasteiger partial charge in [0.2, 0.25) is 0 Å². The molecule has 0 aromatic heterocycles. The van der Waals surface area contributed by atoms with Gasteiger partial charge in [-0.2, -0.15) is 0 Å². The molecule has 0 aromatic carbocycles. The molecule has 84 valence electrons. The standard InChI is InChI=1S/C10H21NO3/c1-7-9(8(11)6-12)14-10(2,3)4-5-13-7/h7-9,12H,4-6,11H2,1-3H3/t7-,8+,9-/m1/s1. The lowest BCUT2D eigenvalue weighted by atomic mass is 10.0. The van der Waals surface area contributed by atoms with Crippen molar-refractivity contribution in [2.75, 3.05) is 13.2 Å². The normalized spacial score (nSPS) is 34.9. The van der Waals surface area contributed by atoms with Gasteiger partial charge in [0.15, 0.2) is 0 Å². The van der Waals surface area contributed by atoms with Crippen molar-refractivity contribution in [2.24, 2.45) is 5.73 Å². The van der Waals surface area contributed by atoms with Gasteiger partial charge in [0.25, 0.3) is 0 Å². The molecule has 1 fully saturated rings. The molecule has 0 aliphatic carbocycles. The lowest BCUT2D eigenvalue weighted by Gasteiger charge is -2.32. The molecule has 1 aliphatic rings. The van der Waals surface area contributed by atoms with Crippen LogP contribution in [0.4, 0.5) is 0 Å². The van der Waals surface area contributed by atoms with Crippen molar-refractivity contribution in [2.45, 2.75) is 51.0 Å². The zero-order chi connectivity index (χ0) is 10.8. The van der Waals surface area contributed by atoms with Crippen molar-refractivity contribution in [3.05, 3.63) is 0 Å². The molecule has 1 aliphatic heterocycles. The molecule has 0 aromatic rings. The Balaban J connectivity index is 2.68. The van der Waals surface area contributed by atoms with Crippen molar-refractivity contribution in [1.29, 1.82) is 0 Å². The van der Waals surface area contributed by atoms with E-state index in [-0.39, 0.29) is 30.5 Å². The minimum Gasteiger partial charge on any atom is -0.395 e. The summed E-state index contributed by atoms with van der Waals surface area (Å²) in [5, 5.41) is 9.01. The van der Waals surface area contributed by atoms with E-state index in [1.165, 1.54) is 0 Å². The van der Waals surface area contributed by atoms with Crippen molar-refractivity contribution in [3.8, 4) is 0 Å². The van der Waals surface area contributed by atoms with Crippen LogP contribution in [0.2, 0.25) is 0 Å². The molecular weight excluding hydrogens is 182 g/mol. The third-order valence-corrected chi connectivity index (χ3v) is 2.64. The van der Waals surface area contributed by atoms with Gasteiger partial charge in [0, 0.05) is 6.61 Å². The first-order valence-electron chi connectivity index (χ1n) is 5.12. The molecule has 0 saturated carbocycles. The van der Waals surface area contributed by atoms with Crippen LogP contribution in [-0.2, 0) is 9.47 Å². The van der Waals surface area contributed by atoms with Crippen LogP contribution in [0.15, 0.2) is 0 Å². The molecule has 1 rings (SSSR count). The summed E-state index contributed by atoms with van der Waals surface area (Å²) < 4.78 is 11.4. The molecule has 4 nitrogen and oxygen atoms in total. The molecule has 4 heteroatoms. The second-order valence-corrected chi connectivity index (χ2v) is 4.51. The molecule has 3 atom stereocenters. The Hall–Kier alpha value is -0.160. The number of ether oxygens (including phenoxy) is 2. The van der Waals surface area contributed by atoms with Crippen LogP contribution in [0.5, 0.6) is 0 Å². The second-order valence-electron chi connectivity index (χ2n) is 4.51. The fourth-order valence-electron chi connectivity index (χ4n) is 1.65. The van der Waals surface area contributed by atoms with Crippen molar-refractivity contribution >= 4 is 0 Å². The minimum atomic E-state index is -0.373. The van der Waals surface area contributed by atoms with E-state index in [1.54, 1.807) is 0 Å². The van der Waals surface area contributed by atoms with Gasteiger partial charge < -0.3 is 20.3 Å². The number of aliphatic hydroxyl groups excluding tert-OH is 1. The van der Waals surface area contributed by atoms with Gasteiger partial charge in [-0.1, -0.05) is 0 Å². The van der Waals surface area contributed by atoms with Crippen molar-refractivity contribution < 1.29 is 14.6 Å². The molecule has 0 spiro atoms. The molecular formula is C10H21NO3. The SMILES string of the molecule is C[C@H]1OCCC(C)(C)O[C@H]1[C@@H](N)CO. The Labute approximate surface area is 85.4 Å². The minimum absolute atomic E-state index is 0.0566. The fourth-order valence-corrected chi connectivity index (χ4v) is 1.65. The topological polar surface area (TPSA) is 64.7 Å². The predicted molar refractivity (Wildman–Crippen MR) is 54.0 cm³/mol. The van der Waals surface area contributed by atoms with Gasteiger partial charge in [-0.05, 0) is 27.2 Å². The highest BCUT2D eigenvalue weighted by Gasteiger charge is 2.34. The van der Waals surface area contributed by atoms with Gasteiger partial charge in [-0.3, -0.25) is 0 Å². The van der Waals surface area contributed by atoms with E-state index in [2.05, 4.69) is 0 Å². The van der Waals surface area contributed by atoms with Crippen LogP contribution in [0.25, 0.3) is 0 Å². The summed E-state index contributed by atoms with van der Waals surface area (Å²) in [5.74, 6) is 0. The Morgan fingerprint density at radius 1 is 1.57 bits per heavy atom. The van der Waals surface area contributed by atoms with Crippen LogP contribution in [0.1, 0.15) is 27.2 Å². The zero-order valence-corrected chi connectivity index (χ0v) is 9.19. The van der Waals surface area contributed by atoms with E-state index in [1.807, 2.05) is 20.8 Å². The Morgan fingerprint density at radius 3 is 2.79 bits per heavy atom. The summed E-state index contributed by atoms with van der Waals surface area (Å²) >= 11 is 0. The Morgan fingerprint density at radius 2 is 2.21 bits per heavy atom. The fraction of sp³-hybridized carbons (Fsp3) is 1.00. The lowest BCUT2D eigenvalue weighted by Crippen LogP contribution is -2.48. The van der Waals surface area contributed by atoms with E-state index >= 15 is 0 Å². The molecule has 0 amide bonds. The highest BCUT2D eigenvalue weighted by molar-refractivity contribution is 4.85. The van der Waals surface area contributed by atoms with E-state index < -0.39 is 0 Å². The summed E-state index contributed by atoms with van der Waals surface area (Å²) in [5.41, 5.74) is 5.55.